The lowest BCUT2D eigenvalue weighted by Crippen LogP contribution is -2.27. The molecule has 0 fully saturated rings. The molecule has 0 saturated heterocycles. The Morgan fingerprint density at radius 1 is 1.47 bits per heavy atom. The molecule has 2 amide bonds. The van der Waals surface area contributed by atoms with Gasteiger partial charge in [-0.25, -0.2) is 14.6 Å². The molecule has 0 spiro atoms. The van der Waals surface area contributed by atoms with Crippen LogP contribution in [0.5, 0.6) is 0 Å². The largest absolute Gasteiger partial charge is 0.478 e. The fourth-order valence-corrected chi connectivity index (χ4v) is 0.853. The van der Waals surface area contributed by atoms with E-state index in [1.165, 1.54) is 23.2 Å². The van der Waals surface area contributed by atoms with Crippen LogP contribution in [0.3, 0.4) is 0 Å². The molecule has 0 aromatic carbocycles. The first-order valence-corrected chi connectivity index (χ1v) is 4.18. The normalized spacial score (nSPS) is 9.47. The van der Waals surface area contributed by atoms with E-state index in [0.29, 0.717) is 0 Å². The van der Waals surface area contributed by atoms with E-state index in [2.05, 4.69) is 10.3 Å². The minimum atomic E-state index is -1.06. The first kappa shape index (κ1) is 11.0. The van der Waals surface area contributed by atoms with Gasteiger partial charge >= 0.3 is 12.0 Å². The van der Waals surface area contributed by atoms with E-state index in [0.717, 1.165) is 0 Å². The predicted octanol–water partition coefficient (Wildman–Crippen LogP) is 0.873. The second-order valence-electron chi connectivity index (χ2n) is 3.06. The van der Waals surface area contributed by atoms with E-state index >= 15 is 0 Å². The highest BCUT2D eigenvalue weighted by Crippen LogP contribution is 2.06. The van der Waals surface area contributed by atoms with Crippen molar-refractivity contribution in [2.75, 3.05) is 19.4 Å². The van der Waals surface area contributed by atoms with Gasteiger partial charge in [0.15, 0.2) is 0 Å². The number of amides is 2. The Kier molecular flexibility index (Phi) is 3.22. The van der Waals surface area contributed by atoms with Crippen LogP contribution in [0, 0.1) is 0 Å². The molecule has 6 heteroatoms. The minimum Gasteiger partial charge on any atom is -0.478 e. The van der Waals surface area contributed by atoms with Crippen LogP contribution < -0.4 is 5.32 Å². The highest BCUT2D eigenvalue weighted by molar-refractivity contribution is 5.91. The Balaban J connectivity index is 2.83. The number of nitrogens with one attached hydrogen (secondary N) is 1. The SMILES string of the molecule is CN(C)C(=O)Nc1cc(C(=O)O)ccn1. The molecule has 2 N–H and O–H groups in total. The van der Waals surface area contributed by atoms with E-state index in [1.807, 2.05) is 0 Å². The molecule has 0 aliphatic carbocycles. The van der Waals surface area contributed by atoms with Gasteiger partial charge in [-0.1, -0.05) is 0 Å². The molecule has 15 heavy (non-hydrogen) atoms. The Morgan fingerprint density at radius 3 is 2.67 bits per heavy atom. The van der Waals surface area contributed by atoms with Gasteiger partial charge in [0.25, 0.3) is 0 Å². The second-order valence-corrected chi connectivity index (χ2v) is 3.06. The Labute approximate surface area is 86.5 Å². The van der Waals surface area contributed by atoms with Crippen molar-refractivity contribution < 1.29 is 14.7 Å². The Morgan fingerprint density at radius 2 is 2.13 bits per heavy atom. The molecule has 1 aromatic heterocycles. The quantitative estimate of drug-likeness (QED) is 0.757. The number of anilines is 1. The van der Waals surface area contributed by atoms with Crippen LogP contribution in [0.15, 0.2) is 18.3 Å². The summed E-state index contributed by atoms with van der Waals surface area (Å²) in [6.45, 7) is 0. The van der Waals surface area contributed by atoms with Gasteiger partial charge in [0.2, 0.25) is 0 Å². The molecule has 0 saturated carbocycles. The molecular weight excluding hydrogens is 198 g/mol. The fourth-order valence-electron chi connectivity index (χ4n) is 0.853. The van der Waals surface area contributed by atoms with Gasteiger partial charge in [-0.2, -0.15) is 0 Å². The number of nitrogens with zero attached hydrogens (tertiary/aromatic N) is 2. The van der Waals surface area contributed by atoms with Crippen molar-refractivity contribution in [2.24, 2.45) is 0 Å². The zero-order chi connectivity index (χ0) is 11.4. The lowest BCUT2D eigenvalue weighted by atomic mass is 10.2. The smallest absolute Gasteiger partial charge is 0.335 e. The summed E-state index contributed by atoms with van der Waals surface area (Å²) in [5, 5.41) is 11.2. The van der Waals surface area contributed by atoms with Gasteiger partial charge in [-0.15, -0.1) is 0 Å². The van der Waals surface area contributed by atoms with Crippen molar-refractivity contribution in [1.29, 1.82) is 0 Å². The number of hydrogen-bond donors (Lipinski definition) is 2. The number of carbonyl (C=O) groups is 2. The van der Waals surface area contributed by atoms with Crippen molar-refractivity contribution in [3.63, 3.8) is 0 Å². The van der Waals surface area contributed by atoms with E-state index in [1.54, 1.807) is 14.1 Å². The second kappa shape index (κ2) is 4.41. The van der Waals surface area contributed by atoms with Gasteiger partial charge < -0.3 is 10.0 Å². The molecule has 80 valence electrons. The number of hydrogen-bond acceptors (Lipinski definition) is 3. The molecule has 0 aliphatic heterocycles. The summed E-state index contributed by atoms with van der Waals surface area (Å²) in [5.41, 5.74) is 0.0825. The minimum absolute atomic E-state index is 0.0825. The topological polar surface area (TPSA) is 82.5 Å². The first-order valence-electron chi connectivity index (χ1n) is 4.18. The fraction of sp³-hybridized carbons (Fsp3) is 0.222. The molecule has 0 bridgehead atoms. The molecule has 1 heterocycles. The maximum Gasteiger partial charge on any atom is 0.335 e. The highest BCUT2D eigenvalue weighted by Gasteiger charge is 2.07. The number of carboxylic acid groups (broad SMARTS) is 1. The Hall–Kier alpha value is -2.11. The van der Waals surface area contributed by atoms with Gasteiger partial charge in [-0.3, -0.25) is 5.32 Å². The average Bonchev–Trinajstić information content (AvgIpc) is 2.18. The summed E-state index contributed by atoms with van der Waals surface area (Å²) < 4.78 is 0. The van der Waals surface area contributed by atoms with Crippen molar-refractivity contribution in [3.8, 4) is 0 Å². The van der Waals surface area contributed by atoms with Crippen molar-refractivity contribution >= 4 is 17.8 Å². The van der Waals surface area contributed by atoms with Crippen LogP contribution in [-0.4, -0.2) is 41.1 Å². The molecule has 1 rings (SSSR count). The van der Waals surface area contributed by atoms with Crippen LogP contribution in [0.2, 0.25) is 0 Å². The summed E-state index contributed by atoms with van der Waals surface area (Å²) in [4.78, 5) is 27.0. The third-order valence-corrected chi connectivity index (χ3v) is 1.65. The van der Waals surface area contributed by atoms with E-state index in [4.69, 9.17) is 5.11 Å². The molecular formula is C9H11N3O3. The molecule has 0 aliphatic rings. The van der Waals surface area contributed by atoms with Crippen LogP contribution in [0.25, 0.3) is 0 Å². The number of carboxylic acids is 1. The maximum atomic E-state index is 11.2. The zero-order valence-electron chi connectivity index (χ0n) is 8.39. The van der Waals surface area contributed by atoms with E-state index in [-0.39, 0.29) is 17.4 Å². The number of carbonyl (C=O) groups excluding carboxylic acids is 1. The molecule has 0 radical (unpaired) electrons. The van der Waals surface area contributed by atoms with Crippen molar-refractivity contribution in [2.45, 2.75) is 0 Å². The van der Waals surface area contributed by atoms with Crippen LogP contribution in [-0.2, 0) is 0 Å². The third-order valence-electron chi connectivity index (χ3n) is 1.65. The summed E-state index contributed by atoms with van der Waals surface area (Å²) >= 11 is 0. The van der Waals surface area contributed by atoms with Crippen molar-refractivity contribution in [3.05, 3.63) is 23.9 Å². The van der Waals surface area contributed by atoms with Gasteiger partial charge in [0.05, 0.1) is 5.56 Å². The third kappa shape index (κ3) is 2.94. The van der Waals surface area contributed by atoms with Gasteiger partial charge in [0.1, 0.15) is 5.82 Å². The lowest BCUT2D eigenvalue weighted by molar-refractivity contribution is 0.0696. The number of pyridine rings is 1. The van der Waals surface area contributed by atoms with Crippen LogP contribution in [0.1, 0.15) is 10.4 Å². The predicted molar refractivity (Wildman–Crippen MR) is 53.9 cm³/mol. The number of rotatable bonds is 2. The standard InChI is InChI=1S/C9H11N3O3/c1-12(2)9(15)11-7-5-6(8(13)14)3-4-10-7/h3-5H,1-2H3,(H,13,14)(H,10,11,15). The summed E-state index contributed by atoms with van der Waals surface area (Å²) in [7, 11) is 3.16. The summed E-state index contributed by atoms with van der Waals surface area (Å²) in [6.07, 6.45) is 1.33. The van der Waals surface area contributed by atoms with Crippen LogP contribution in [0.4, 0.5) is 10.6 Å². The first-order chi connectivity index (χ1) is 7.00. The molecule has 0 atom stereocenters. The number of urea groups is 1. The van der Waals surface area contributed by atoms with Crippen LogP contribution >= 0.6 is 0 Å². The lowest BCUT2D eigenvalue weighted by Gasteiger charge is -2.11. The number of aromatic nitrogens is 1. The average molecular weight is 209 g/mol. The maximum absolute atomic E-state index is 11.2. The van der Waals surface area contributed by atoms with Gasteiger partial charge in [-0.05, 0) is 12.1 Å². The van der Waals surface area contributed by atoms with E-state index < -0.39 is 5.97 Å². The summed E-state index contributed by atoms with van der Waals surface area (Å²) in [6, 6.07) is 2.29. The monoisotopic (exact) mass is 209 g/mol. The highest BCUT2D eigenvalue weighted by atomic mass is 16.4. The summed E-state index contributed by atoms with van der Waals surface area (Å²) in [5.74, 6) is -0.841. The molecule has 1 aromatic rings. The molecule has 6 nitrogen and oxygen atoms in total. The molecule has 0 unspecified atom stereocenters. The zero-order valence-corrected chi connectivity index (χ0v) is 8.39. The Bertz CT molecular complexity index is 390. The number of aromatic carboxylic acids is 1. The van der Waals surface area contributed by atoms with E-state index in [9.17, 15) is 9.59 Å². The van der Waals surface area contributed by atoms with Crippen molar-refractivity contribution in [1.82, 2.24) is 9.88 Å². The van der Waals surface area contributed by atoms with Gasteiger partial charge in [0, 0.05) is 20.3 Å².